The molecule has 1 aromatic carbocycles. The average molecular weight is 246 g/mol. The van der Waals surface area contributed by atoms with Gasteiger partial charge in [0.2, 0.25) is 0 Å². The van der Waals surface area contributed by atoms with Crippen LogP contribution in [0.3, 0.4) is 0 Å². The predicted molar refractivity (Wildman–Crippen MR) is 70.1 cm³/mol. The van der Waals surface area contributed by atoms with Crippen LogP contribution in [0.25, 0.3) is 11.1 Å². The van der Waals surface area contributed by atoms with Crippen LogP contribution in [0.1, 0.15) is 39.4 Å². The number of nitrogens with zero attached hydrogens (tertiary/aromatic N) is 1. The molecule has 0 amide bonds. The zero-order valence-corrected chi connectivity index (χ0v) is 11.2. The van der Waals surface area contributed by atoms with Crippen molar-refractivity contribution in [3.8, 4) is 0 Å². The van der Waals surface area contributed by atoms with E-state index in [4.69, 9.17) is 14.9 Å². The second-order valence-electron chi connectivity index (χ2n) is 6.01. The Morgan fingerprint density at radius 2 is 1.94 bits per heavy atom. The number of oxazole rings is 1. The SMILES string of the molecule is CC1(C)OC(c2ccc3oc(N)nc3c2)C1(C)C. The van der Waals surface area contributed by atoms with Crippen LogP contribution in [0.15, 0.2) is 22.6 Å². The Kier molecular flexibility index (Phi) is 2.09. The molecule has 0 radical (unpaired) electrons. The van der Waals surface area contributed by atoms with Crippen molar-refractivity contribution < 1.29 is 9.15 Å². The van der Waals surface area contributed by atoms with Gasteiger partial charge < -0.3 is 14.9 Å². The van der Waals surface area contributed by atoms with Crippen LogP contribution < -0.4 is 5.73 Å². The van der Waals surface area contributed by atoms with Crippen LogP contribution in [-0.2, 0) is 4.74 Å². The molecule has 4 nitrogen and oxygen atoms in total. The van der Waals surface area contributed by atoms with Crippen molar-refractivity contribution in [3.63, 3.8) is 0 Å². The molecular formula is C14H18N2O2. The van der Waals surface area contributed by atoms with Crippen molar-refractivity contribution in [3.05, 3.63) is 23.8 Å². The Balaban J connectivity index is 2.01. The lowest BCUT2D eigenvalue weighted by molar-refractivity contribution is -0.294. The minimum absolute atomic E-state index is 0.0924. The number of hydrogen-bond acceptors (Lipinski definition) is 4. The third-order valence-corrected chi connectivity index (χ3v) is 4.35. The van der Waals surface area contributed by atoms with Crippen molar-refractivity contribution in [2.75, 3.05) is 5.73 Å². The van der Waals surface area contributed by atoms with Gasteiger partial charge in [0.25, 0.3) is 6.01 Å². The number of ether oxygens (including phenoxy) is 1. The van der Waals surface area contributed by atoms with Crippen molar-refractivity contribution >= 4 is 17.1 Å². The zero-order valence-electron chi connectivity index (χ0n) is 11.2. The first-order valence-corrected chi connectivity index (χ1v) is 6.15. The maximum Gasteiger partial charge on any atom is 0.292 e. The summed E-state index contributed by atoms with van der Waals surface area (Å²) < 4.78 is 11.3. The third kappa shape index (κ3) is 1.38. The molecule has 3 rings (SSSR count). The van der Waals surface area contributed by atoms with Crippen LogP contribution in [0.2, 0.25) is 0 Å². The van der Waals surface area contributed by atoms with E-state index in [2.05, 4.69) is 32.7 Å². The normalized spacial score (nSPS) is 25.0. The lowest BCUT2D eigenvalue weighted by Gasteiger charge is -2.58. The maximum atomic E-state index is 5.99. The summed E-state index contributed by atoms with van der Waals surface area (Å²) >= 11 is 0. The second kappa shape index (κ2) is 3.26. The van der Waals surface area contributed by atoms with Crippen LogP contribution in [-0.4, -0.2) is 10.6 Å². The van der Waals surface area contributed by atoms with Crippen molar-refractivity contribution in [1.29, 1.82) is 0 Å². The van der Waals surface area contributed by atoms with E-state index < -0.39 is 0 Å². The summed E-state index contributed by atoms with van der Waals surface area (Å²) in [6, 6.07) is 6.13. The minimum atomic E-state index is -0.102. The van der Waals surface area contributed by atoms with Gasteiger partial charge in [-0.05, 0) is 31.5 Å². The Labute approximate surface area is 106 Å². The summed E-state index contributed by atoms with van der Waals surface area (Å²) in [6.07, 6.45) is 0.0924. The van der Waals surface area contributed by atoms with Gasteiger partial charge in [0.05, 0.1) is 11.7 Å². The molecule has 1 aliphatic rings. The fourth-order valence-electron chi connectivity index (χ4n) is 2.46. The molecular weight excluding hydrogens is 228 g/mol. The standard InChI is InChI=1S/C14H18N2O2/c1-13(2)11(18-14(13,3)4)8-5-6-10-9(7-8)16-12(15)17-10/h5-7,11H,1-4H3,(H2,15,16). The number of nitrogen functional groups attached to an aromatic ring is 1. The molecule has 0 spiro atoms. The largest absolute Gasteiger partial charge is 0.424 e. The average Bonchev–Trinajstić information content (AvgIpc) is 2.64. The van der Waals surface area contributed by atoms with Gasteiger partial charge in [-0.25, -0.2) is 0 Å². The van der Waals surface area contributed by atoms with E-state index in [0.717, 1.165) is 11.1 Å². The van der Waals surface area contributed by atoms with Crippen LogP contribution in [0.5, 0.6) is 0 Å². The number of nitrogens with two attached hydrogens (primary N) is 1. The molecule has 1 aromatic heterocycles. The van der Waals surface area contributed by atoms with Crippen LogP contribution >= 0.6 is 0 Å². The lowest BCUT2D eigenvalue weighted by Crippen LogP contribution is -2.57. The summed E-state index contributed by atoms with van der Waals surface area (Å²) in [6.45, 7) is 8.69. The number of fused-ring (bicyclic) bond motifs is 1. The molecule has 2 N–H and O–H groups in total. The van der Waals surface area contributed by atoms with Gasteiger partial charge in [-0.15, -0.1) is 0 Å². The molecule has 2 heterocycles. The van der Waals surface area contributed by atoms with E-state index in [0.29, 0.717) is 5.58 Å². The number of rotatable bonds is 1. The number of benzene rings is 1. The van der Waals surface area contributed by atoms with E-state index >= 15 is 0 Å². The molecule has 0 saturated carbocycles. The highest BCUT2D eigenvalue weighted by Gasteiger charge is 2.56. The minimum Gasteiger partial charge on any atom is -0.424 e. The van der Waals surface area contributed by atoms with Gasteiger partial charge in [0.15, 0.2) is 5.58 Å². The van der Waals surface area contributed by atoms with Gasteiger partial charge in [0, 0.05) is 5.41 Å². The smallest absolute Gasteiger partial charge is 0.292 e. The molecule has 1 aliphatic heterocycles. The van der Waals surface area contributed by atoms with E-state index in [9.17, 15) is 0 Å². The molecule has 96 valence electrons. The summed E-state index contributed by atoms with van der Waals surface area (Å²) in [4.78, 5) is 4.15. The van der Waals surface area contributed by atoms with Crippen molar-refractivity contribution in [2.24, 2.45) is 5.41 Å². The Morgan fingerprint density at radius 3 is 2.56 bits per heavy atom. The summed E-state index contributed by atoms with van der Waals surface area (Å²) in [5, 5.41) is 0. The fourth-order valence-corrected chi connectivity index (χ4v) is 2.46. The topological polar surface area (TPSA) is 61.3 Å². The zero-order chi connectivity index (χ0) is 13.1. The van der Waals surface area contributed by atoms with Gasteiger partial charge in [-0.3, -0.25) is 0 Å². The van der Waals surface area contributed by atoms with Crippen LogP contribution in [0.4, 0.5) is 6.01 Å². The third-order valence-electron chi connectivity index (χ3n) is 4.35. The highest BCUT2D eigenvalue weighted by molar-refractivity contribution is 5.75. The summed E-state index contributed by atoms with van der Waals surface area (Å²) in [5.74, 6) is 0. The van der Waals surface area contributed by atoms with Crippen molar-refractivity contribution in [1.82, 2.24) is 4.98 Å². The second-order valence-corrected chi connectivity index (χ2v) is 6.01. The molecule has 1 atom stereocenters. The van der Waals surface area contributed by atoms with Gasteiger partial charge >= 0.3 is 0 Å². The van der Waals surface area contributed by atoms with Gasteiger partial charge in [0.1, 0.15) is 5.52 Å². The predicted octanol–water partition coefficient (Wildman–Crippen LogP) is 3.29. The van der Waals surface area contributed by atoms with E-state index in [1.165, 1.54) is 0 Å². The first-order valence-electron chi connectivity index (χ1n) is 6.15. The number of anilines is 1. The highest BCUT2D eigenvalue weighted by Crippen LogP contribution is 2.57. The highest BCUT2D eigenvalue weighted by atomic mass is 16.5. The van der Waals surface area contributed by atoms with Gasteiger partial charge in [-0.1, -0.05) is 19.9 Å². The monoisotopic (exact) mass is 246 g/mol. The van der Waals surface area contributed by atoms with E-state index in [1.54, 1.807) is 0 Å². The summed E-state index contributed by atoms with van der Waals surface area (Å²) in [5.41, 5.74) is 8.17. The molecule has 1 saturated heterocycles. The first kappa shape index (κ1) is 11.5. The lowest BCUT2D eigenvalue weighted by atomic mass is 9.65. The number of hydrogen-bond donors (Lipinski definition) is 1. The molecule has 1 unspecified atom stereocenters. The molecule has 4 heteroatoms. The van der Waals surface area contributed by atoms with E-state index in [1.807, 2.05) is 18.2 Å². The molecule has 0 bridgehead atoms. The molecule has 2 aromatic rings. The summed E-state index contributed by atoms with van der Waals surface area (Å²) in [7, 11) is 0. The molecule has 18 heavy (non-hydrogen) atoms. The Morgan fingerprint density at radius 1 is 1.22 bits per heavy atom. The van der Waals surface area contributed by atoms with Gasteiger partial charge in [-0.2, -0.15) is 4.98 Å². The molecule has 0 aliphatic carbocycles. The maximum absolute atomic E-state index is 5.99. The first-order chi connectivity index (χ1) is 8.31. The number of aromatic nitrogens is 1. The van der Waals surface area contributed by atoms with E-state index in [-0.39, 0.29) is 23.1 Å². The Bertz CT molecular complexity index is 613. The Hall–Kier alpha value is -1.55. The van der Waals surface area contributed by atoms with Crippen molar-refractivity contribution in [2.45, 2.75) is 39.4 Å². The fraction of sp³-hybridized carbons (Fsp3) is 0.500. The molecule has 1 fully saturated rings. The van der Waals surface area contributed by atoms with Crippen LogP contribution in [0, 0.1) is 5.41 Å². The quantitative estimate of drug-likeness (QED) is 0.838.